The van der Waals surface area contributed by atoms with Gasteiger partial charge in [-0.15, -0.1) is 0 Å². The molecule has 94 valence electrons. The van der Waals surface area contributed by atoms with Gasteiger partial charge in [-0.1, -0.05) is 0 Å². The summed E-state index contributed by atoms with van der Waals surface area (Å²) in [6.45, 7) is 0. The number of rotatable bonds is 4. The van der Waals surface area contributed by atoms with E-state index in [0.717, 1.165) is 29.4 Å². The Kier molecular flexibility index (Phi) is 2.82. The van der Waals surface area contributed by atoms with Gasteiger partial charge < -0.3 is 9.32 Å². The van der Waals surface area contributed by atoms with Crippen molar-refractivity contribution in [1.82, 2.24) is 4.98 Å². The summed E-state index contributed by atoms with van der Waals surface area (Å²) in [7, 11) is 4.09. The molecule has 1 fully saturated rings. The molecule has 0 spiro atoms. The number of hydrogen-bond donors (Lipinski definition) is 0. The highest BCUT2D eigenvalue weighted by molar-refractivity contribution is 5.63. The van der Waals surface area contributed by atoms with Crippen molar-refractivity contribution >= 4 is 5.69 Å². The van der Waals surface area contributed by atoms with E-state index in [2.05, 4.69) is 34.1 Å². The van der Waals surface area contributed by atoms with Gasteiger partial charge in [0.15, 0.2) is 12.2 Å². The molecule has 3 rings (SSSR count). The summed E-state index contributed by atoms with van der Waals surface area (Å²) < 4.78 is 5.55. The minimum absolute atomic E-state index is 0.829. The third-order valence-electron chi connectivity index (χ3n) is 3.47. The van der Waals surface area contributed by atoms with E-state index in [-0.39, 0.29) is 0 Å². The van der Waals surface area contributed by atoms with Crippen LogP contribution in [0.15, 0.2) is 35.1 Å². The molecule has 1 saturated carbocycles. The minimum atomic E-state index is 0.829. The molecular formula is C15H18N2O. The standard InChI is InChI=1S/C15H18N2O/c1-17(2)13-7-5-12(6-8-13)15-14(16-10-18-15)9-11-3-4-11/h5-8,10-11H,3-4,9H2,1-2H3. The van der Waals surface area contributed by atoms with E-state index in [1.165, 1.54) is 18.5 Å². The van der Waals surface area contributed by atoms with E-state index in [0.29, 0.717) is 0 Å². The lowest BCUT2D eigenvalue weighted by atomic mass is 10.1. The first-order valence-corrected chi connectivity index (χ1v) is 6.44. The Morgan fingerprint density at radius 3 is 2.56 bits per heavy atom. The Labute approximate surface area is 107 Å². The van der Waals surface area contributed by atoms with Crippen LogP contribution < -0.4 is 4.90 Å². The van der Waals surface area contributed by atoms with Crippen LogP contribution in [0.4, 0.5) is 5.69 Å². The maximum atomic E-state index is 5.55. The molecule has 0 N–H and O–H groups in total. The molecule has 0 radical (unpaired) electrons. The molecule has 0 unspecified atom stereocenters. The first kappa shape index (κ1) is 11.3. The van der Waals surface area contributed by atoms with Crippen LogP contribution in [0.3, 0.4) is 0 Å². The van der Waals surface area contributed by atoms with Gasteiger partial charge in [0.2, 0.25) is 0 Å². The second-order valence-electron chi connectivity index (χ2n) is 5.22. The molecular weight excluding hydrogens is 224 g/mol. The highest BCUT2D eigenvalue weighted by Crippen LogP contribution is 2.35. The lowest BCUT2D eigenvalue weighted by molar-refractivity contribution is 0.570. The van der Waals surface area contributed by atoms with Crippen molar-refractivity contribution < 1.29 is 4.42 Å². The molecule has 0 bridgehead atoms. The fourth-order valence-electron chi connectivity index (χ4n) is 2.16. The van der Waals surface area contributed by atoms with Gasteiger partial charge in [0.05, 0.1) is 5.69 Å². The first-order chi connectivity index (χ1) is 8.74. The van der Waals surface area contributed by atoms with Crippen molar-refractivity contribution in [3.63, 3.8) is 0 Å². The fraction of sp³-hybridized carbons (Fsp3) is 0.400. The zero-order valence-electron chi connectivity index (χ0n) is 10.9. The number of nitrogens with zero attached hydrogens (tertiary/aromatic N) is 2. The maximum Gasteiger partial charge on any atom is 0.181 e. The van der Waals surface area contributed by atoms with E-state index in [9.17, 15) is 0 Å². The van der Waals surface area contributed by atoms with Crippen molar-refractivity contribution in [2.24, 2.45) is 5.92 Å². The molecule has 3 nitrogen and oxygen atoms in total. The summed E-state index contributed by atoms with van der Waals surface area (Å²) in [4.78, 5) is 6.45. The second-order valence-corrected chi connectivity index (χ2v) is 5.22. The van der Waals surface area contributed by atoms with Crippen LogP contribution >= 0.6 is 0 Å². The van der Waals surface area contributed by atoms with Crippen LogP contribution in [-0.2, 0) is 6.42 Å². The summed E-state index contributed by atoms with van der Waals surface area (Å²) in [5.41, 5.74) is 3.42. The number of aromatic nitrogens is 1. The van der Waals surface area contributed by atoms with Gasteiger partial charge in [0.1, 0.15) is 0 Å². The number of anilines is 1. The molecule has 18 heavy (non-hydrogen) atoms. The van der Waals surface area contributed by atoms with Gasteiger partial charge in [-0.25, -0.2) is 4.98 Å². The van der Waals surface area contributed by atoms with Crippen molar-refractivity contribution in [3.05, 3.63) is 36.4 Å². The van der Waals surface area contributed by atoms with Crippen LogP contribution in [0.25, 0.3) is 11.3 Å². The lowest BCUT2D eigenvalue weighted by Crippen LogP contribution is -2.07. The van der Waals surface area contributed by atoms with Crippen molar-refractivity contribution in [1.29, 1.82) is 0 Å². The predicted molar refractivity (Wildman–Crippen MR) is 72.7 cm³/mol. The SMILES string of the molecule is CN(C)c1ccc(-c2ocnc2CC2CC2)cc1. The quantitative estimate of drug-likeness (QED) is 0.823. The third kappa shape index (κ3) is 2.26. The van der Waals surface area contributed by atoms with Crippen molar-refractivity contribution in [3.8, 4) is 11.3 Å². The summed E-state index contributed by atoms with van der Waals surface area (Å²) in [5, 5.41) is 0. The summed E-state index contributed by atoms with van der Waals surface area (Å²) in [6, 6.07) is 8.43. The Bertz CT molecular complexity index is 524. The number of oxazole rings is 1. The third-order valence-corrected chi connectivity index (χ3v) is 3.47. The zero-order valence-corrected chi connectivity index (χ0v) is 10.9. The van der Waals surface area contributed by atoms with E-state index >= 15 is 0 Å². The molecule has 0 amide bonds. The summed E-state index contributed by atoms with van der Waals surface area (Å²) >= 11 is 0. The van der Waals surface area contributed by atoms with E-state index in [1.54, 1.807) is 6.39 Å². The molecule has 1 aliphatic carbocycles. The van der Waals surface area contributed by atoms with Gasteiger partial charge in [-0.2, -0.15) is 0 Å². The lowest BCUT2D eigenvalue weighted by Gasteiger charge is -2.12. The van der Waals surface area contributed by atoms with Crippen molar-refractivity contribution in [2.75, 3.05) is 19.0 Å². The molecule has 0 saturated heterocycles. The minimum Gasteiger partial charge on any atom is -0.443 e. The molecule has 0 aliphatic heterocycles. The highest BCUT2D eigenvalue weighted by Gasteiger charge is 2.24. The van der Waals surface area contributed by atoms with Crippen LogP contribution in [0.2, 0.25) is 0 Å². The zero-order chi connectivity index (χ0) is 12.5. The average Bonchev–Trinajstić information content (AvgIpc) is 3.06. The molecule has 1 heterocycles. The molecule has 3 heteroatoms. The Morgan fingerprint density at radius 2 is 1.94 bits per heavy atom. The smallest absolute Gasteiger partial charge is 0.181 e. The molecule has 1 aliphatic rings. The molecule has 1 aromatic heterocycles. The summed E-state index contributed by atoms with van der Waals surface area (Å²) in [5.74, 6) is 1.77. The highest BCUT2D eigenvalue weighted by atomic mass is 16.3. The molecule has 0 atom stereocenters. The van der Waals surface area contributed by atoms with Gasteiger partial charge in [0, 0.05) is 25.3 Å². The monoisotopic (exact) mass is 242 g/mol. The fourth-order valence-corrected chi connectivity index (χ4v) is 2.16. The number of benzene rings is 1. The first-order valence-electron chi connectivity index (χ1n) is 6.44. The maximum absolute atomic E-state index is 5.55. The van der Waals surface area contributed by atoms with Gasteiger partial charge in [-0.05, 0) is 49.4 Å². The van der Waals surface area contributed by atoms with E-state index < -0.39 is 0 Å². The Hall–Kier alpha value is -1.77. The van der Waals surface area contributed by atoms with Gasteiger partial charge in [-0.3, -0.25) is 0 Å². The van der Waals surface area contributed by atoms with Gasteiger partial charge in [0.25, 0.3) is 0 Å². The van der Waals surface area contributed by atoms with E-state index in [4.69, 9.17) is 4.42 Å². The Morgan fingerprint density at radius 1 is 1.22 bits per heavy atom. The predicted octanol–water partition coefficient (Wildman–Crippen LogP) is 3.36. The van der Waals surface area contributed by atoms with Crippen molar-refractivity contribution in [2.45, 2.75) is 19.3 Å². The number of hydrogen-bond acceptors (Lipinski definition) is 3. The van der Waals surface area contributed by atoms with Crippen LogP contribution in [0.1, 0.15) is 18.5 Å². The average molecular weight is 242 g/mol. The topological polar surface area (TPSA) is 29.3 Å². The van der Waals surface area contributed by atoms with Gasteiger partial charge >= 0.3 is 0 Å². The van der Waals surface area contributed by atoms with E-state index in [1.807, 2.05) is 14.1 Å². The summed E-state index contributed by atoms with van der Waals surface area (Å²) in [6.07, 6.45) is 5.30. The largest absolute Gasteiger partial charge is 0.443 e. The normalized spacial score (nSPS) is 14.8. The molecule has 1 aromatic carbocycles. The van der Waals surface area contributed by atoms with Crippen LogP contribution in [-0.4, -0.2) is 19.1 Å². The van der Waals surface area contributed by atoms with Crippen LogP contribution in [0.5, 0.6) is 0 Å². The van der Waals surface area contributed by atoms with Crippen LogP contribution in [0, 0.1) is 5.92 Å². The second kappa shape index (κ2) is 4.48. The Balaban J connectivity index is 1.86. The molecule has 2 aromatic rings.